The van der Waals surface area contributed by atoms with Gasteiger partial charge in [0.05, 0.1) is 18.3 Å². The lowest BCUT2D eigenvalue weighted by Gasteiger charge is -2.05. The molecule has 0 bridgehead atoms. The van der Waals surface area contributed by atoms with E-state index in [0.29, 0.717) is 5.69 Å². The third-order valence-corrected chi connectivity index (χ3v) is 2.85. The molecular formula is C13H11N5O2. The van der Waals surface area contributed by atoms with Crippen LogP contribution in [0.5, 0.6) is 0 Å². The number of nitrogens with two attached hydrogens (primary N) is 1. The minimum Gasteiger partial charge on any atom is -0.463 e. The SMILES string of the molecule is COC(=O)c1ncn(-c2ccnc3cc(N)ccc23)n1. The molecule has 3 aromatic rings. The van der Waals surface area contributed by atoms with Crippen LogP contribution in [0.4, 0.5) is 5.69 Å². The average molecular weight is 269 g/mol. The Kier molecular flexibility index (Phi) is 2.79. The van der Waals surface area contributed by atoms with Crippen LogP contribution in [0.2, 0.25) is 0 Å². The maximum atomic E-state index is 11.4. The van der Waals surface area contributed by atoms with Crippen LogP contribution in [-0.2, 0) is 4.74 Å². The molecule has 2 aromatic heterocycles. The third-order valence-electron chi connectivity index (χ3n) is 2.85. The summed E-state index contributed by atoms with van der Waals surface area (Å²) in [4.78, 5) is 19.5. The Labute approximate surface area is 114 Å². The number of ether oxygens (including phenoxy) is 1. The summed E-state index contributed by atoms with van der Waals surface area (Å²) in [5, 5.41) is 4.96. The van der Waals surface area contributed by atoms with Gasteiger partial charge < -0.3 is 10.5 Å². The number of rotatable bonds is 2. The van der Waals surface area contributed by atoms with Gasteiger partial charge in [-0.3, -0.25) is 4.98 Å². The Morgan fingerprint density at radius 1 is 1.30 bits per heavy atom. The van der Waals surface area contributed by atoms with Crippen LogP contribution >= 0.6 is 0 Å². The standard InChI is InChI=1S/C13H11N5O2/c1-20-13(19)12-16-7-18(17-12)11-4-5-15-10-6-8(14)2-3-9(10)11/h2-7H,14H2,1H3. The van der Waals surface area contributed by atoms with Crippen molar-refractivity contribution in [3.8, 4) is 5.69 Å². The Bertz CT molecular complexity index is 796. The van der Waals surface area contributed by atoms with Gasteiger partial charge in [0.1, 0.15) is 6.33 Å². The maximum absolute atomic E-state index is 11.4. The van der Waals surface area contributed by atoms with E-state index in [1.54, 1.807) is 24.4 Å². The van der Waals surface area contributed by atoms with E-state index >= 15 is 0 Å². The van der Waals surface area contributed by atoms with Crippen LogP contribution in [-0.4, -0.2) is 32.8 Å². The van der Waals surface area contributed by atoms with E-state index in [1.165, 1.54) is 18.1 Å². The Morgan fingerprint density at radius 3 is 2.95 bits per heavy atom. The lowest BCUT2D eigenvalue weighted by molar-refractivity contribution is 0.0587. The smallest absolute Gasteiger partial charge is 0.377 e. The zero-order valence-corrected chi connectivity index (χ0v) is 10.6. The second-order valence-corrected chi connectivity index (χ2v) is 4.11. The summed E-state index contributed by atoms with van der Waals surface area (Å²) in [6.45, 7) is 0. The number of benzene rings is 1. The monoisotopic (exact) mass is 269 g/mol. The van der Waals surface area contributed by atoms with Crippen molar-refractivity contribution >= 4 is 22.6 Å². The molecule has 0 amide bonds. The van der Waals surface area contributed by atoms with Crippen LogP contribution in [0.15, 0.2) is 36.8 Å². The number of pyridine rings is 1. The zero-order chi connectivity index (χ0) is 14.1. The lowest BCUT2D eigenvalue weighted by Crippen LogP contribution is -2.05. The number of nitrogen functional groups attached to an aromatic ring is 1. The molecule has 20 heavy (non-hydrogen) atoms. The number of hydrogen-bond donors (Lipinski definition) is 1. The summed E-state index contributed by atoms with van der Waals surface area (Å²) in [5.74, 6) is -0.570. The molecule has 0 radical (unpaired) electrons. The van der Waals surface area contributed by atoms with Crippen molar-refractivity contribution < 1.29 is 9.53 Å². The van der Waals surface area contributed by atoms with Gasteiger partial charge in [0.15, 0.2) is 0 Å². The first kappa shape index (κ1) is 12.1. The first-order chi connectivity index (χ1) is 9.69. The van der Waals surface area contributed by atoms with E-state index in [4.69, 9.17) is 5.73 Å². The molecule has 0 atom stereocenters. The Balaban J connectivity index is 2.14. The van der Waals surface area contributed by atoms with Gasteiger partial charge in [0.25, 0.3) is 5.82 Å². The summed E-state index contributed by atoms with van der Waals surface area (Å²) >= 11 is 0. The number of hydrogen-bond acceptors (Lipinski definition) is 6. The van der Waals surface area contributed by atoms with E-state index in [0.717, 1.165) is 16.6 Å². The van der Waals surface area contributed by atoms with Gasteiger partial charge in [-0.25, -0.2) is 14.5 Å². The van der Waals surface area contributed by atoms with Crippen LogP contribution < -0.4 is 5.73 Å². The molecule has 0 fully saturated rings. The fourth-order valence-corrected chi connectivity index (χ4v) is 1.91. The van der Waals surface area contributed by atoms with E-state index in [9.17, 15) is 4.79 Å². The third kappa shape index (κ3) is 1.95. The predicted octanol–water partition coefficient (Wildman–Crippen LogP) is 1.18. The fraction of sp³-hybridized carbons (Fsp3) is 0.0769. The summed E-state index contributed by atoms with van der Waals surface area (Å²) in [5.41, 5.74) is 7.88. The molecule has 0 aliphatic rings. The van der Waals surface area contributed by atoms with E-state index in [1.807, 2.05) is 6.07 Å². The quantitative estimate of drug-likeness (QED) is 0.554. The number of fused-ring (bicyclic) bond motifs is 1. The van der Waals surface area contributed by atoms with Gasteiger partial charge >= 0.3 is 5.97 Å². The minimum absolute atomic E-state index is 0.00732. The Hall–Kier alpha value is -2.96. The highest BCUT2D eigenvalue weighted by atomic mass is 16.5. The first-order valence-electron chi connectivity index (χ1n) is 5.83. The van der Waals surface area contributed by atoms with Crippen LogP contribution in [0.3, 0.4) is 0 Å². The number of methoxy groups -OCH3 is 1. The van der Waals surface area contributed by atoms with Crippen molar-refractivity contribution in [2.24, 2.45) is 0 Å². The first-order valence-corrected chi connectivity index (χ1v) is 5.83. The highest BCUT2D eigenvalue weighted by molar-refractivity contribution is 5.89. The van der Waals surface area contributed by atoms with Crippen molar-refractivity contribution in [2.45, 2.75) is 0 Å². The maximum Gasteiger partial charge on any atom is 0.377 e. The summed E-state index contributed by atoms with van der Waals surface area (Å²) < 4.78 is 6.09. The van der Waals surface area contributed by atoms with E-state index in [2.05, 4.69) is 19.8 Å². The number of carbonyl (C=O) groups is 1. The molecule has 0 saturated heterocycles. The molecule has 100 valence electrons. The van der Waals surface area contributed by atoms with Crippen molar-refractivity contribution in [3.05, 3.63) is 42.6 Å². The molecule has 0 saturated carbocycles. The molecule has 0 aliphatic carbocycles. The van der Waals surface area contributed by atoms with Crippen LogP contribution in [0.25, 0.3) is 16.6 Å². The second-order valence-electron chi connectivity index (χ2n) is 4.11. The number of carbonyl (C=O) groups excluding carboxylic acids is 1. The Morgan fingerprint density at radius 2 is 2.15 bits per heavy atom. The van der Waals surface area contributed by atoms with Crippen molar-refractivity contribution in [3.63, 3.8) is 0 Å². The molecule has 7 heteroatoms. The summed E-state index contributed by atoms with van der Waals surface area (Å²) in [7, 11) is 1.29. The molecule has 3 rings (SSSR count). The molecule has 0 spiro atoms. The normalized spacial score (nSPS) is 10.7. The van der Waals surface area contributed by atoms with Crippen molar-refractivity contribution in [1.82, 2.24) is 19.7 Å². The fourth-order valence-electron chi connectivity index (χ4n) is 1.91. The molecule has 0 unspecified atom stereocenters. The number of esters is 1. The lowest BCUT2D eigenvalue weighted by atomic mass is 10.2. The van der Waals surface area contributed by atoms with Gasteiger partial charge in [-0.05, 0) is 24.3 Å². The van der Waals surface area contributed by atoms with Gasteiger partial charge in [-0.1, -0.05) is 0 Å². The van der Waals surface area contributed by atoms with Gasteiger partial charge in [0.2, 0.25) is 0 Å². The van der Waals surface area contributed by atoms with Crippen LogP contribution in [0.1, 0.15) is 10.6 Å². The van der Waals surface area contributed by atoms with E-state index < -0.39 is 5.97 Å². The van der Waals surface area contributed by atoms with Crippen molar-refractivity contribution in [2.75, 3.05) is 12.8 Å². The highest BCUT2D eigenvalue weighted by Crippen LogP contribution is 2.21. The van der Waals surface area contributed by atoms with Crippen LogP contribution in [0, 0.1) is 0 Å². The summed E-state index contributed by atoms with van der Waals surface area (Å²) in [6.07, 6.45) is 3.11. The molecular weight excluding hydrogens is 258 g/mol. The molecule has 2 N–H and O–H groups in total. The average Bonchev–Trinajstić information content (AvgIpc) is 2.95. The molecule has 7 nitrogen and oxygen atoms in total. The predicted molar refractivity (Wildman–Crippen MR) is 72.4 cm³/mol. The minimum atomic E-state index is -0.577. The van der Waals surface area contributed by atoms with Gasteiger partial charge in [-0.15, -0.1) is 5.10 Å². The topological polar surface area (TPSA) is 95.9 Å². The largest absolute Gasteiger partial charge is 0.463 e. The zero-order valence-electron chi connectivity index (χ0n) is 10.6. The van der Waals surface area contributed by atoms with Crippen molar-refractivity contribution in [1.29, 1.82) is 0 Å². The molecule has 1 aromatic carbocycles. The van der Waals surface area contributed by atoms with Gasteiger partial charge in [-0.2, -0.15) is 0 Å². The van der Waals surface area contributed by atoms with E-state index in [-0.39, 0.29) is 5.82 Å². The molecule has 0 aliphatic heterocycles. The number of aromatic nitrogens is 4. The number of anilines is 1. The highest BCUT2D eigenvalue weighted by Gasteiger charge is 2.13. The van der Waals surface area contributed by atoms with Gasteiger partial charge in [0, 0.05) is 17.3 Å². The second kappa shape index (κ2) is 4.61. The molecule has 2 heterocycles. The number of nitrogens with zero attached hydrogens (tertiary/aromatic N) is 4. The summed E-state index contributed by atoms with van der Waals surface area (Å²) in [6, 6.07) is 7.20.